The number of halogens is 1. The van der Waals surface area contributed by atoms with E-state index in [4.69, 9.17) is 42.0 Å². The molecule has 0 saturated carbocycles. The third kappa shape index (κ3) is 7.11. The van der Waals surface area contributed by atoms with Crippen molar-refractivity contribution in [3.8, 4) is 11.5 Å². The minimum atomic E-state index is -0.830. The van der Waals surface area contributed by atoms with Crippen molar-refractivity contribution in [3.63, 3.8) is 0 Å². The van der Waals surface area contributed by atoms with Gasteiger partial charge < -0.3 is 35.7 Å². The fraction of sp³-hybridized carbons (Fsp3) is 0.346. The van der Waals surface area contributed by atoms with E-state index in [1.807, 2.05) is 0 Å². The van der Waals surface area contributed by atoms with E-state index in [1.54, 1.807) is 6.07 Å². The number of hydrogen-bond acceptors (Lipinski definition) is 11. The summed E-state index contributed by atoms with van der Waals surface area (Å²) in [6.07, 6.45) is 0. The van der Waals surface area contributed by atoms with Crippen molar-refractivity contribution in [2.24, 2.45) is 11.5 Å². The number of nitrogens with two attached hydrogens (primary N) is 2. The molecular formula is C26H28ClN3O9. The van der Waals surface area contributed by atoms with E-state index < -0.39 is 41.5 Å². The summed E-state index contributed by atoms with van der Waals surface area (Å²) in [6, 6.07) is 5.61. The number of alkyl halides is 1. The van der Waals surface area contributed by atoms with Crippen molar-refractivity contribution >= 4 is 46.7 Å². The lowest BCUT2D eigenvalue weighted by Gasteiger charge is -2.23. The highest BCUT2D eigenvalue weighted by Gasteiger charge is 2.35. The molecule has 0 unspecified atom stereocenters. The molecule has 0 radical (unpaired) electrons. The SMILES string of the molecule is C[C@H](N)C(=O)OCCOc1cccc2c1C(=O)c1c(OCCOC(=O)[C@H](C)N)cc(NC(=O)CCl)cc1C2=O. The Balaban J connectivity index is 1.92. The summed E-state index contributed by atoms with van der Waals surface area (Å²) in [5, 5.41) is 2.54. The Morgan fingerprint density at radius 3 is 1.95 bits per heavy atom. The van der Waals surface area contributed by atoms with Crippen molar-refractivity contribution in [1.29, 1.82) is 0 Å². The minimum absolute atomic E-state index is 0.000650. The van der Waals surface area contributed by atoms with Crippen LogP contribution in [0.2, 0.25) is 0 Å². The lowest BCUT2D eigenvalue weighted by Crippen LogP contribution is -2.30. The van der Waals surface area contributed by atoms with Crippen LogP contribution in [0.1, 0.15) is 45.7 Å². The minimum Gasteiger partial charge on any atom is -0.489 e. The second kappa shape index (κ2) is 13.2. The van der Waals surface area contributed by atoms with E-state index in [2.05, 4.69) is 5.32 Å². The molecule has 0 bridgehead atoms. The Morgan fingerprint density at radius 2 is 1.38 bits per heavy atom. The van der Waals surface area contributed by atoms with Gasteiger partial charge in [0, 0.05) is 22.9 Å². The fourth-order valence-corrected chi connectivity index (χ4v) is 3.67. The number of carbonyl (C=O) groups is 5. The van der Waals surface area contributed by atoms with Crippen LogP contribution >= 0.6 is 11.6 Å². The smallest absolute Gasteiger partial charge is 0.322 e. The zero-order chi connectivity index (χ0) is 28.7. The maximum atomic E-state index is 13.7. The van der Waals surface area contributed by atoms with Gasteiger partial charge in [-0.25, -0.2) is 0 Å². The average Bonchev–Trinajstić information content (AvgIpc) is 2.91. The van der Waals surface area contributed by atoms with E-state index in [0.717, 1.165) is 0 Å². The van der Waals surface area contributed by atoms with Gasteiger partial charge in [0.25, 0.3) is 0 Å². The van der Waals surface area contributed by atoms with Crippen LogP contribution in [-0.4, -0.2) is 73.8 Å². The summed E-state index contributed by atoms with van der Waals surface area (Å²) in [5.41, 5.74) is 11.1. The van der Waals surface area contributed by atoms with E-state index in [1.165, 1.54) is 38.1 Å². The molecule has 0 spiro atoms. The quantitative estimate of drug-likeness (QED) is 0.164. The van der Waals surface area contributed by atoms with Gasteiger partial charge in [-0.2, -0.15) is 0 Å². The highest BCUT2D eigenvalue weighted by molar-refractivity contribution is 6.31. The van der Waals surface area contributed by atoms with Crippen molar-refractivity contribution in [2.45, 2.75) is 25.9 Å². The number of amides is 1. The van der Waals surface area contributed by atoms with Crippen molar-refractivity contribution in [3.05, 3.63) is 52.6 Å². The number of fused-ring (bicyclic) bond motifs is 2. The summed E-state index contributed by atoms with van der Waals surface area (Å²) in [4.78, 5) is 62.3. The summed E-state index contributed by atoms with van der Waals surface area (Å²) >= 11 is 5.59. The first-order valence-corrected chi connectivity index (χ1v) is 12.4. The van der Waals surface area contributed by atoms with Crippen molar-refractivity contribution in [1.82, 2.24) is 0 Å². The van der Waals surface area contributed by atoms with E-state index >= 15 is 0 Å². The van der Waals surface area contributed by atoms with E-state index in [0.29, 0.717) is 0 Å². The molecule has 0 heterocycles. The molecule has 1 amide bonds. The molecule has 208 valence electrons. The van der Waals surface area contributed by atoms with Crippen LogP contribution in [0.25, 0.3) is 0 Å². The fourth-order valence-electron chi connectivity index (χ4n) is 3.60. The first-order valence-electron chi connectivity index (χ1n) is 11.9. The second-order valence-electron chi connectivity index (χ2n) is 8.52. The van der Waals surface area contributed by atoms with Crippen LogP contribution in [0, 0.1) is 0 Å². The average molecular weight is 562 g/mol. The van der Waals surface area contributed by atoms with Crippen LogP contribution in [-0.2, 0) is 23.9 Å². The molecule has 0 saturated heterocycles. The Hall–Kier alpha value is -4.00. The second-order valence-corrected chi connectivity index (χ2v) is 8.79. The first-order chi connectivity index (χ1) is 18.5. The van der Waals surface area contributed by atoms with Gasteiger partial charge in [-0.1, -0.05) is 12.1 Å². The molecule has 1 aliphatic carbocycles. The topological polar surface area (TPSA) is 186 Å². The summed E-state index contributed by atoms with van der Waals surface area (Å²) in [5.74, 6) is -3.13. The van der Waals surface area contributed by atoms with Crippen LogP contribution in [0.3, 0.4) is 0 Å². The van der Waals surface area contributed by atoms with Gasteiger partial charge in [0.1, 0.15) is 55.9 Å². The molecule has 0 aromatic heterocycles. The zero-order valence-corrected chi connectivity index (χ0v) is 22.0. The number of ketones is 2. The molecule has 12 nitrogen and oxygen atoms in total. The molecule has 0 aliphatic heterocycles. The third-order valence-electron chi connectivity index (χ3n) is 5.39. The molecule has 1 aliphatic rings. The Labute approximate surface area is 228 Å². The zero-order valence-electron chi connectivity index (χ0n) is 21.3. The number of esters is 2. The maximum Gasteiger partial charge on any atom is 0.322 e. The molecule has 5 N–H and O–H groups in total. The number of nitrogens with one attached hydrogen (secondary N) is 1. The van der Waals surface area contributed by atoms with Gasteiger partial charge in [-0.3, -0.25) is 24.0 Å². The number of rotatable bonds is 12. The normalized spacial score (nSPS) is 13.5. The van der Waals surface area contributed by atoms with Crippen LogP contribution < -0.4 is 26.3 Å². The van der Waals surface area contributed by atoms with Crippen molar-refractivity contribution in [2.75, 3.05) is 37.6 Å². The monoisotopic (exact) mass is 561 g/mol. The maximum absolute atomic E-state index is 13.7. The Kier molecular flexibility index (Phi) is 9.99. The number of carbonyl (C=O) groups excluding carboxylic acids is 5. The molecule has 13 heteroatoms. The van der Waals surface area contributed by atoms with E-state index in [9.17, 15) is 24.0 Å². The molecule has 2 aromatic carbocycles. The predicted octanol–water partition coefficient (Wildman–Crippen LogP) is 1.18. The van der Waals surface area contributed by atoms with Gasteiger partial charge in [0.15, 0.2) is 5.78 Å². The third-order valence-corrected chi connectivity index (χ3v) is 5.63. The van der Waals surface area contributed by atoms with Crippen LogP contribution in [0.15, 0.2) is 30.3 Å². The number of ether oxygens (including phenoxy) is 4. The Bertz CT molecular complexity index is 1290. The largest absolute Gasteiger partial charge is 0.489 e. The standard InChI is InChI=1S/C26H28ClN3O9/c1-13(28)25(34)38-8-6-36-18-5-3-4-16-21(18)24(33)22-17(23(16)32)10-15(30-20(31)12-27)11-19(22)37-7-9-39-26(35)14(2)29/h3-5,10-11,13-14H,6-9,12,28-29H2,1-2H3,(H,30,31)/t13-,14-/m0/s1. The molecular weight excluding hydrogens is 534 g/mol. The van der Waals surface area contributed by atoms with Gasteiger partial charge in [0.2, 0.25) is 11.7 Å². The van der Waals surface area contributed by atoms with Gasteiger partial charge in [-0.05, 0) is 26.0 Å². The molecule has 0 fully saturated rings. The number of hydrogen-bond donors (Lipinski definition) is 3. The first kappa shape index (κ1) is 29.6. The van der Waals surface area contributed by atoms with Gasteiger partial charge in [0.05, 0.1) is 11.1 Å². The summed E-state index contributed by atoms with van der Waals surface area (Å²) in [7, 11) is 0. The Morgan fingerprint density at radius 1 is 0.821 bits per heavy atom. The highest BCUT2D eigenvalue weighted by atomic mass is 35.5. The van der Waals surface area contributed by atoms with Gasteiger partial charge >= 0.3 is 11.9 Å². The van der Waals surface area contributed by atoms with Crippen molar-refractivity contribution < 1.29 is 42.9 Å². The summed E-state index contributed by atoms with van der Waals surface area (Å²) < 4.78 is 21.4. The molecule has 39 heavy (non-hydrogen) atoms. The molecule has 2 aromatic rings. The number of anilines is 1. The predicted molar refractivity (Wildman–Crippen MR) is 139 cm³/mol. The van der Waals surface area contributed by atoms with Crippen LogP contribution in [0.4, 0.5) is 5.69 Å². The van der Waals surface area contributed by atoms with E-state index in [-0.39, 0.29) is 71.7 Å². The van der Waals surface area contributed by atoms with Gasteiger partial charge in [-0.15, -0.1) is 11.6 Å². The lowest BCUT2D eigenvalue weighted by molar-refractivity contribution is -0.146. The highest BCUT2D eigenvalue weighted by Crippen LogP contribution is 2.39. The summed E-state index contributed by atoms with van der Waals surface area (Å²) in [6.45, 7) is 2.37. The molecule has 3 rings (SSSR count). The van der Waals surface area contributed by atoms with Crippen LogP contribution in [0.5, 0.6) is 11.5 Å². The number of benzene rings is 2. The molecule has 2 atom stereocenters. The lowest BCUT2D eigenvalue weighted by atomic mass is 9.82.